The van der Waals surface area contributed by atoms with Crippen LogP contribution >= 0.6 is 0 Å². The summed E-state index contributed by atoms with van der Waals surface area (Å²) in [4.78, 5) is 43.5. The predicted molar refractivity (Wildman–Crippen MR) is 175 cm³/mol. The molecule has 5 N–H and O–H groups in total. The van der Waals surface area contributed by atoms with E-state index in [2.05, 4.69) is 18.7 Å². The number of piperidine rings is 1. The lowest BCUT2D eigenvalue weighted by atomic mass is 9.45. The van der Waals surface area contributed by atoms with Gasteiger partial charge in [-0.05, 0) is 68.3 Å². The van der Waals surface area contributed by atoms with E-state index in [1.165, 1.54) is 11.1 Å². The van der Waals surface area contributed by atoms with Gasteiger partial charge in [-0.25, -0.2) is 4.79 Å². The number of hydrogen-bond donors (Lipinski definition) is 5. The molecule has 4 heterocycles. The van der Waals surface area contributed by atoms with Gasteiger partial charge in [-0.3, -0.25) is 14.5 Å². The zero-order valence-electron chi connectivity index (χ0n) is 29.1. The van der Waals surface area contributed by atoms with Crippen molar-refractivity contribution in [3.8, 4) is 0 Å². The number of carbonyl (C=O) groups is 3. The Kier molecular flexibility index (Phi) is 7.98. The van der Waals surface area contributed by atoms with E-state index in [0.717, 1.165) is 51.5 Å². The van der Waals surface area contributed by atoms with Crippen LogP contribution in [-0.2, 0) is 33.3 Å². The highest BCUT2D eigenvalue weighted by Gasteiger charge is 2.76. The van der Waals surface area contributed by atoms with Gasteiger partial charge in [-0.2, -0.15) is 0 Å². The van der Waals surface area contributed by atoms with Gasteiger partial charge >= 0.3 is 11.9 Å². The zero-order chi connectivity index (χ0) is 35.7. The minimum Gasteiger partial charge on any atom is -0.478 e. The summed E-state index contributed by atoms with van der Waals surface area (Å²) in [7, 11) is 0. The van der Waals surface area contributed by atoms with Gasteiger partial charge < -0.3 is 44.5 Å². The molecule has 9 rings (SSSR count). The van der Waals surface area contributed by atoms with Crippen LogP contribution in [0.25, 0.3) is 0 Å². The van der Waals surface area contributed by atoms with Crippen molar-refractivity contribution in [2.24, 2.45) is 52.3 Å². The lowest BCUT2D eigenvalue weighted by Gasteiger charge is -2.59. The Hall–Kier alpha value is -2.65. The first-order chi connectivity index (χ1) is 24.4. The van der Waals surface area contributed by atoms with Crippen LogP contribution in [0.4, 0.5) is 0 Å². The molecule has 3 saturated heterocycles. The number of allylic oxidation sites excluding steroid dienone is 3. The van der Waals surface area contributed by atoms with Crippen LogP contribution in [0.5, 0.6) is 0 Å². The quantitative estimate of drug-likeness (QED) is 0.188. The maximum Gasteiger partial charge on any atom is 0.335 e. The standard InChI is InChI=1S/C38H49NO12/c1-16-11-39-12-19-6-3-17-4-8-21-23(10-38(28(17)21)32(44)22(16)9-26(39)37(19,38)2)34(47)48-15-25-29(41)30(42)31(43)36(50-25)51-35-27-18(13-40)5-7-20(27)24(14-49-35)33(45)46/h5,14,16,19-23,25-27,29-31,35-36,40-43H,3-4,6-13,15H2,1-2H3,(H,45,46)/t16-,19-,20-,21-,22-,23-,25-,26-,27-,29-,30+,31-,35+,36+,37-,38+/m1/s1. The molecule has 5 fully saturated rings. The maximum atomic E-state index is 14.9. The number of ketones is 1. The second-order valence-electron chi connectivity index (χ2n) is 17.0. The first kappa shape index (κ1) is 34.1. The number of carboxylic acids is 1. The predicted octanol–water partition coefficient (Wildman–Crippen LogP) is 1.29. The first-order valence-electron chi connectivity index (χ1n) is 18.8. The number of rotatable bonds is 7. The number of aliphatic carboxylic acids is 1. The Bertz CT molecular complexity index is 1620. The van der Waals surface area contributed by atoms with Gasteiger partial charge in [0.15, 0.2) is 6.29 Å². The molecule has 9 aliphatic rings. The number of aliphatic hydroxyl groups excluding tert-OH is 4. The number of fused-ring (bicyclic) bond motifs is 2. The fourth-order valence-corrected chi connectivity index (χ4v) is 12.7. The smallest absolute Gasteiger partial charge is 0.335 e. The molecule has 2 saturated carbocycles. The topological polar surface area (TPSA) is 193 Å². The highest BCUT2D eigenvalue weighted by Crippen LogP contribution is 2.75. The van der Waals surface area contributed by atoms with Crippen molar-refractivity contribution in [1.82, 2.24) is 4.90 Å². The minimum absolute atomic E-state index is 0.0145. The zero-order valence-corrected chi connectivity index (χ0v) is 29.1. The van der Waals surface area contributed by atoms with Crippen LogP contribution in [0.2, 0.25) is 0 Å². The van der Waals surface area contributed by atoms with Crippen LogP contribution in [0.15, 0.2) is 34.6 Å². The molecular weight excluding hydrogens is 662 g/mol. The summed E-state index contributed by atoms with van der Waals surface area (Å²) in [5, 5.41) is 52.2. The summed E-state index contributed by atoms with van der Waals surface area (Å²) in [5.74, 6) is -2.44. The van der Waals surface area contributed by atoms with Crippen LogP contribution in [0.3, 0.4) is 0 Å². The summed E-state index contributed by atoms with van der Waals surface area (Å²) in [6.07, 6.45) is -0.714. The van der Waals surface area contributed by atoms with Crippen LogP contribution < -0.4 is 0 Å². The fraction of sp³-hybridized carbons (Fsp3) is 0.763. The van der Waals surface area contributed by atoms with Crippen molar-refractivity contribution in [3.63, 3.8) is 0 Å². The van der Waals surface area contributed by atoms with E-state index < -0.39 is 78.7 Å². The molecule has 1 spiro atoms. The van der Waals surface area contributed by atoms with Gasteiger partial charge in [-0.15, -0.1) is 0 Å². The van der Waals surface area contributed by atoms with E-state index in [4.69, 9.17) is 18.9 Å². The molecule has 13 heteroatoms. The van der Waals surface area contributed by atoms with E-state index in [1.54, 1.807) is 6.08 Å². The molecule has 5 aliphatic carbocycles. The molecule has 0 amide bonds. The molecule has 4 aliphatic heterocycles. The van der Waals surface area contributed by atoms with Gasteiger partial charge in [0.25, 0.3) is 0 Å². The fourth-order valence-electron chi connectivity index (χ4n) is 12.7. The Morgan fingerprint density at radius 2 is 1.82 bits per heavy atom. The molecular formula is C38H49NO12. The second kappa shape index (κ2) is 11.9. The first-order valence-corrected chi connectivity index (χ1v) is 18.8. The van der Waals surface area contributed by atoms with Crippen LogP contribution in [0, 0.1) is 52.3 Å². The van der Waals surface area contributed by atoms with Gasteiger partial charge in [0.1, 0.15) is 36.8 Å². The molecule has 0 aromatic rings. The van der Waals surface area contributed by atoms with Crippen molar-refractivity contribution in [1.29, 1.82) is 0 Å². The molecule has 13 nitrogen and oxygen atoms in total. The lowest BCUT2D eigenvalue weighted by Crippen LogP contribution is -2.64. The van der Waals surface area contributed by atoms with E-state index in [-0.39, 0.29) is 35.3 Å². The van der Waals surface area contributed by atoms with E-state index in [0.29, 0.717) is 36.2 Å². The van der Waals surface area contributed by atoms with Crippen molar-refractivity contribution in [2.75, 3.05) is 26.3 Å². The van der Waals surface area contributed by atoms with E-state index in [9.17, 15) is 39.9 Å². The van der Waals surface area contributed by atoms with Gasteiger partial charge in [0, 0.05) is 36.4 Å². The highest BCUT2D eigenvalue weighted by molar-refractivity contribution is 5.95. The Morgan fingerprint density at radius 1 is 1.04 bits per heavy atom. The normalized spacial score (nSPS) is 49.5. The number of aliphatic hydroxyl groups is 4. The molecule has 51 heavy (non-hydrogen) atoms. The van der Waals surface area contributed by atoms with Crippen molar-refractivity contribution < 1.29 is 58.9 Å². The average molecular weight is 712 g/mol. The monoisotopic (exact) mass is 711 g/mol. The summed E-state index contributed by atoms with van der Waals surface area (Å²) in [6.45, 7) is 5.73. The number of ether oxygens (including phenoxy) is 4. The lowest BCUT2D eigenvalue weighted by molar-refractivity contribution is -0.340. The van der Waals surface area contributed by atoms with Crippen molar-refractivity contribution >= 4 is 17.7 Å². The summed E-state index contributed by atoms with van der Waals surface area (Å²) < 4.78 is 23.5. The largest absolute Gasteiger partial charge is 0.478 e. The van der Waals surface area contributed by atoms with Crippen molar-refractivity contribution in [3.05, 3.63) is 34.6 Å². The minimum atomic E-state index is -1.71. The van der Waals surface area contributed by atoms with Crippen LogP contribution in [0.1, 0.15) is 58.8 Å². The number of esters is 1. The van der Waals surface area contributed by atoms with Crippen LogP contribution in [-0.4, -0.2) is 117 Å². The summed E-state index contributed by atoms with van der Waals surface area (Å²) in [5.41, 5.74) is 2.24. The van der Waals surface area contributed by atoms with Gasteiger partial charge in [0.2, 0.25) is 6.29 Å². The SMILES string of the molecule is C[C@@H]1CN2C[C@H]3CCC4=C5[C@H](CC4)[C@H](C(=O)OC[C@H]4O[C@@H](O[C@@H]6OC=C(C(=O)O)[C@H]7CC=C(CO)[C@@H]67)[C@H](O)[C@@H](O)[C@@H]4O)C[C@@]54C(=O)[C@@H]1C[C@@H]2[C@@]34C. The average Bonchev–Trinajstić information content (AvgIpc) is 3.86. The molecule has 2 bridgehead atoms. The van der Waals surface area contributed by atoms with E-state index in [1.807, 2.05) is 0 Å². The highest BCUT2D eigenvalue weighted by atomic mass is 16.8. The Labute approximate surface area is 296 Å². The van der Waals surface area contributed by atoms with Gasteiger partial charge in [0.05, 0.1) is 35.7 Å². The summed E-state index contributed by atoms with van der Waals surface area (Å²) in [6, 6.07) is 0.322. The molecule has 0 unspecified atom stereocenters. The van der Waals surface area contributed by atoms with Crippen molar-refractivity contribution in [2.45, 2.75) is 102 Å². The molecule has 16 atom stereocenters. The molecule has 0 aromatic carbocycles. The number of Topliss-reactive ketones (excluding diaryl/α,β-unsaturated/α-hetero) is 1. The summed E-state index contributed by atoms with van der Waals surface area (Å²) >= 11 is 0. The maximum absolute atomic E-state index is 14.9. The van der Waals surface area contributed by atoms with Gasteiger partial charge in [-0.1, -0.05) is 31.1 Å². The van der Waals surface area contributed by atoms with E-state index >= 15 is 0 Å². The number of carbonyl (C=O) groups excluding carboxylic acids is 2. The third kappa shape index (κ3) is 4.55. The number of carboxylic acid groups (broad SMARTS) is 1. The second-order valence-corrected chi connectivity index (χ2v) is 17.0. The Balaban J connectivity index is 0.939. The molecule has 0 aromatic heterocycles. The Morgan fingerprint density at radius 3 is 2.59 bits per heavy atom. The third-order valence-electron chi connectivity index (χ3n) is 15.2. The molecule has 278 valence electrons. The third-order valence-corrected chi connectivity index (χ3v) is 15.2. The number of hydrogen-bond acceptors (Lipinski definition) is 12. The molecule has 0 radical (unpaired) electrons. The number of nitrogens with zero attached hydrogens (tertiary/aromatic N) is 1.